The third kappa shape index (κ3) is 5.01. The predicted molar refractivity (Wildman–Crippen MR) is 123 cm³/mol. The molecule has 0 unspecified atom stereocenters. The van der Waals surface area contributed by atoms with E-state index in [1.807, 2.05) is 24.3 Å². The third-order valence-corrected chi connectivity index (χ3v) is 5.14. The second-order valence-corrected chi connectivity index (χ2v) is 7.90. The summed E-state index contributed by atoms with van der Waals surface area (Å²) in [6.45, 7) is 6.37. The van der Waals surface area contributed by atoms with Gasteiger partial charge >= 0.3 is 0 Å². The van der Waals surface area contributed by atoms with E-state index >= 15 is 0 Å². The zero-order valence-corrected chi connectivity index (χ0v) is 18.3. The van der Waals surface area contributed by atoms with Crippen LogP contribution in [0.25, 0.3) is 5.69 Å². The van der Waals surface area contributed by atoms with Crippen molar-refractivity contribution in [2.45, 2.75) is 20.8 Å². The molecule has 1 aromatic heterocycles. The van der Waals surface area contributed by atoms with Crippen molar-refractivity contribution < 1.29 is 4.79 Å². The summed E-state index contributed by atoms with van der Waals surface area (Å²) in [5.74, 6) is -0.192. The number of aryl methyl sites for hydroxylation is 2. The van der Waals surface area contributed by atoms with Crippen LogP contribution in [0.5, 0.6) is 0 Å². The largest absolute Gasteiger partial charge is 0.376 e. The molecule has 144 valence electrons. The molecular formula is C22H23IN4O. The Hall–Kier alpha value is -2.61. The lowest BCUT2D eigenvalue weighted by Crippen LogP contribution is -2.25. The molecule has 1 heterocycles. The van der Waals surface area contributed by atoms with Crippen molar-refractivity contribution in [2.75, 3.05) is 11.9 Å². The molecule has 0 aliphatic heterocycles. The Bertz CT molecular complexity index is 1010. The van der Waals surface area contributed by atoms with Crippen molar-refractivity contribution >= 4 is 40.4 Å². The molecule has 2 N–H and O–H groups in total. The fraction of sp³-hybridized carbons (Fsp3) is 0.182. The maximum atomic E-state index is 12.0. The Balaban J connectivity index is 1.62. The molecule has 0 aliphatic rings. The first-order valence-electron chi connectivity index (χ1n) is 9.01. The molecule has 5 nitrogen and oxygen atoms in total. The third-order valence-electron chi connectivity index (χ3n) is 4.42. The number of nitrogens with one attached hydrogen (secondary N) is 2. The molecule has 0 spiro atoms. The van der Waals surface area contributed by atoms with Crippen molar-refractivity contribution in [3.8, 4) is 5.69 Å². The maximum Gasteiger partial charge on any atom is 0.259 e. The highest BCUT2D eigenvalue weighted by Gasteiger charge is 2.09. The van der Waals surface area contributed by atoms with E-state index in [0.29, 0.717) is 0 Å². The van der Waals surface area contributed by atoms with Gasteiger partial charge in [-0.3, -0.25) is 4.79 Å². The quantitative estimate of drug-likeness (QED) is 0.305. The molecule has 3 aromatic rings. The summed E-state index contributed by atoms with van der Waals surface area (Å²) in [6, 6.07) is 18.3. The van der Waals surface area contributed by atoms with Crippen LogP contribution >= 0.6 is 22.6 Å². The molecule has 3 rings (SSSR count). The van der Waals surface area contributed by atoms with Crippen molar-refractivity contribution in [3.05, 3.63) is 80.7 Å². The number of carbonyl (C=O) groups excluding carboxylic acids is 1. The summed E-state index contributed by atoms with van der Waals surface area (Å²) in [7, 11) is 0. The van der Waals surface area contributed by atoms with Gasteiger partial charge in [0.05, 0.1) is 12.8 Å². The van der Waals surface area contributed by atoms with Crippen molar-refractivity contribution in [1.82, 2.24) is 9.99 Å². The van der Waals surface area contributed by atoms with E-state index in [2.05, 4.69) is 94.1 Å². The van der Waals surface area contributed by atoms with Gasteiger partial charge < -0.3 is 9.88 Å². The zero-order chi connectivity index (χ0) is 20.1. The molecule has 1 amide bonds. The van der Waals surface area contributed by atoms with E-state index in [1.54, 1.807) is 6.21 Å². The molecule has 2 aromatic carbocycles. The first-order chi connectivity index (χ1) is 13.4. The van der Waals surface area contributed by atoms with E-state index in [0.717, 1.165) is 31.9 Å². The van der Waals surface area contributed by atoms with E-state index in [9.17, 15) is 4.79 Å². The van der Waals surface area contributed by atoms with Crippen LogP contribution < -0.4 is 10.7 Å². The van der Waals surface area contributed by atoms with Crippen LogP contribution in [0.2, 0.25) is 0 Å². The number of amides is 1. The summed E-state index contributed by atoms with van der Waals surface area (Å²) in [4.78, 5) is 12.0. The Labute approximate surface area is 179 Å². The number of halogens is 1. The summed E-state index contributed by atoms with van der Waals surface area (Å²) in [5.41, 5.74) is 9.00. The second kappa shape index (κ2) is 9.05. The summed E-state index contributed by atoms with van der Waals surface area (Å²) in [6.07, 6.45) is 1.69. The Morgan fingerprint density at radius 1 is 1.11 bits per heavy atom. The fourth-order valence-electron chi connectivity index (χ4n) is 3.05. The molecule has 0 aliphatic carbocycles. The number of aromatic nitrogens is 1. The van der Waals surface area contributed by atoms with E-state index in [4.69, 9.17) is 0 Å². The number of rotatable bonds is 6. The molecule has 0 saturated heterocycles. The van der Waals surface area contributed by atoms with Gasteiger partial charge in [-0.15, -0.1) is 0 Å². The molecule has 0 radical (unpaired) electrons. The van der Waals surface area contributed by atoms with Crippen LogP contribution in [0.3, 0.4) is 0 Å². The Morgan fingerprint density at radius 3 is 2.57 bits per heavy atom. The first-order valence-corrected chi connectivity index (χ1v) is 10.1. The van der Waals surface area contributed by atoms with Gasteiger partial charge in [0.25, 0.3) is 5.91 Å². The molecule has 0 bridgehead atoms. The smallest absolute Gasteiger partial charge is 0.259 e. The lowest BCUT2D eigenvalue weighted by Gasteiger charge is -2.10. The molecule has 0 saturated carbocycles. The minimum atomic E-state index is -0.192. The van der Waals surface area contributed by atoms with Crippen LogP contribution in [-0.2, 0) is 4.79 Å². The van der Waals surface area contributed by atoms with Crippen molar-refractivity contribution in [1.29, 1.82) is 0 Å². The van der Waals surface area contributed by atoms with Gasteiger partial charge in [0, 0.05) is 31.9 Å². The van der Waals surface area contributed by atoms with E-state index in [1.165, 1.54) is 5.56 Å². The predicted octanol–water partition coefficient (Wildman–Crippen LogP) is 4.57. The van der Waals surface area contributed by atoms with Crippen LogP contribution in [0.4, 0.5) is 5.69 Å². The van der Waals surface area contributed by atoms with Gasteiger partial charge in [0.15, 0.2) is 0 Å². The minimum Gasteiger partial charge on any atom is -0.376 e. The summed E-state index contributed by atoms with van der Waals surface area (Å²) in [5, 5.41) is 7.19. The second-order valence-electron chi connectivity index (χ2n) is 6.65. The van der Waals surface area contributed by atoms with Crippen LogP contribution in [0.15, 0.2) is 59.7 Å². The first kappa shape index (κ1) is 20.1. The lowest BCUT2D eigenvalue weighted by molar-refractivity contribution is -0.119. The zero-order valence-electron chi connectivity index (χ0n) is 16.2. The molecule has 6 heteroatoms. The number of hydrogen-bond donors (Lipinski definition) is 2. The number of anilines is 1. The van der Waals surface area contributed by atoms with E-state index in [-0.39, 0.29) is 12.5 Å². The topological polar surface area (TPSA) is 58.4 Å². The maximum absolute atomic E-state index is 12.0. The number of benzene rings is 2. The molecule has 28 heavy (non-hydrogen) atoms. The highest BCUT2D eigenvalue weighted by Crippen LogP contribution is 2.20. The Kier molecular flexibility index (Phi) is 6.51. The fourth-order valence-corrected chi connectivity index (χ4v) is 3.41. The minimum absolute atomic E-state index is 0.167. The van der Waals surface area contributed by atoms with Gasteiger partial charge in [-0.05, 0) is 91.4 Å². The molecule has 0 atom stereocenters. The van der Waals surface area contributed by atoms with Crippen LogP contribution in [0.1, 0.15) is 22.5 Å². The Morgan fingerprint density at radius 2 is 1.86 bits per heavy atom. The van der Waals surface area contributed by atoms with Crippen LogP contribution in [-0.4, -0.2) is 23.2 Å². The number of nitrogens with zero attached hydrogens (tertiary/aromatic N) is 2. The lowest BCUT2D eigenvalue weighted by atomic mass is 10.2. The van der Waals surface area contributed by atoms with Gasteiger partial charge in [-0.1, -0.05) is 12.1 Å². The number of carbonyl (C=O) groups is 1. The van der Waals surface area contributed by atoms with Crippen molar-refractivity contribution in [2.24, 2.45) is 5.10 Å². The van der Waals surface area contributed by atoms with Crippen molar-refractivity contribution in [3.63, 3.8) is 0 Å². The normalized spacial score (nSPS) is 11.0. The van der Waals surface area contributed by atoms with Gasteiger partial charge in [0.1, 0.15) is 0 Å². The number of hydrazone groups is 1. The average Bonchev–Trinajstić information content (AvgIpc) is 2.95. The van der Waals surface area contributed by atoms with Gasteiger partial charge in [-0.25, -0.2) is 5.43 Å². The standard InChI is InChI=1S/C22H23IN4O/c1-15-5-4-6-21(11-15)27-16(2)12-18(17(27)3)13-25-26-22(28)14-24-20-9-7-19(23)8-10-20/h4-13,24H,14H2,1-3H3,(H,26,28)/b25-13-. The molecular weight excluding hydrogens is 463 g/mol. The average molecular weight is 486 g/mol. The number of hydrogen-bond acceptors (Lipinski definition) is 3. The highest BCUT2D eigenvalue weighted by atomic mass is 127. The highest BCUT2D eigenvalue weighted by molar-refractivity contribution is 14.1. The summed E-state index contributed by atoms with van der Waals surface area (Å²) < 4.78 is 3.34. The van der Waals surface area contributed by atoms with Crippen LogP contribution in [0, 0.1) is 24.3 Å². The SMILES string of the molecule is Cc1cccc(-n2c(C)cc(/C=N\NC(=O)CNc3ccc(I)cc3)c2C)c1. The monoisotopic (exact) mass is 486 g/mol. The van der Waals surface area contributed by atoms with Gasteiger partial charge in [0.2, 0.25) is 0 Å². The summed E-state index contributed by atoms with van der Waals surface area (Å²) >= 11 is 2.25. The molecule has 0 fully saturated rings. The van der Waals surface area contributed by atoms with E-state index < -0.39 is 0 Å². The van der Waals surface area contributed by atoms with Gasteiger partial charge in [-0.2, -0.15) is 5.10 Å².